The molecule has 0 amide bonds. The number of thiazole rings is 1. The lowest BCUT2D eigenvalue weighted by Crippen LogP contribution is -2.37. The van der Waals surface area contributed by atoms with E-state index in [1.807, 2.05) is 37.3 Å². The van der Waals surface area contributed by atoms with Gasteiger partial charge >= 0.3 is 0 Å². The summed E-state index contributed by atoms with van der Waals surface area (Å²) in [5.41, 5.74) is 1.87. The molecule has 0 fully saturated rings. The van der Waals surface area contributed by atoms with Crippen LogP contribution < -0.4 is 4.72 Å². The lowest BCUT2D eigenvalue weighted by molar-refractivity contribution is 0.455. The number of benzene rings is 1. The second-order valence-corrected chi connectivity index (χ2v) is 8.46. The van der Waals surface area contributed by atoms with Crippen molar-refractivity contribution >= 4 is 21.5 Å². The Morgan fingerprint density at radius 3 is 2.61 bits per heavy atom. The Morgan fingerprint density at radius 1 is 1.26 bits per heavy atom. The maximum atomic E-state index is 12.4. The van der Waals surface area contributed by atoms with Gasteiger partial charge in [0.15, 0.2) is 0 Å². The summed E-state index contributed by atoms with van der Waals surface area (Å²) in [6.07, 6.45) is 1.98. The molecule has 7 heteroatoms. The molecule has 1 heterocycles. The molecule has 0 aliphatic rings. The highest BCUT2D eigenvalue weighted by molar-refractivity contribution is 7.87. The van der Waals surface area contributed by atoms with Crippen molar-refractivity contribution in [1.82, 2.24) is 14.0 Å². The van der Waals surface area contributed by atoms with Crippen LogP contribution in [0.3, 0.4) is 0 Å². The maximum Gasteiger partial charge on any atom is 0.279 e. The molecule has 1 aromatic heterocycles. The van der Waals surface area contributed by atoms with Gasteiger partial charge in [-0.2, -0.15) is 17.4 Å². The topological polar surface area (TPSA) is 62.3 Å². The quantitative estimate of drug-likeness (QED) is 0.794. The Labute approximate surface area is 142 Å². The van der Waals surface area contributed by atoms with Crippen molar-refractivity contribution in [3.05, 3.63) is 51.5 Å². The summed E-state index contributed by atoms with van der Waals surface area (Å²) in [4.78, 5) is 5.46. The van der Waals surface area contributed by atoms with E-state index in [1.54, 1.807) is 18.4 Å². The normalized spacial score (nSPS) is 12.0. The third-order valence-electron chi connectivity index (χ3n) is 3.47. The smallest absolute Gasteiger partial charge is 0.246 e. The van der Waals surface area contributed by atoms with E-state index in [2.05, 4.69) is 16.6 Å². The van der Waals surface area contributed by atoms with Crippen LogP contribution in [0.5, 0.6) is 0 Å². The Balaban J connectivity index is 1.98. The Hall–Kier alpha value is -1.28. The number of aromatic nitrogens is 1. The lowest BCUT2D eigenvalue weighted by Gasteiger charge is -2.17. The largest absolute Gasteiger partial charge is 0.279 e. The molecule has 0 saturated carbocycles. The standard InChI is InChI=1S/C16H23N3O2S2/c1-4-8-16-18-13(2)15(22-16)11-17-23(20,21)19(3)12-14-9-6-5-7-10-14/h5-7,9-10,17H,4,8,11-12H2,1-3H3. The first-order valence-corrected chi connectivity index (χ1v) is 9.88. The van der Waals surface area contributed by atoms with Gasteiger partial charge in [0.25, 0.3) is 10.2 Å². The summed E-state index contributed by atoms with van der Waals surface area (Å²) >= 11 is 1.58. The molecule has 23 heavy (non-hydrogen) atoms. The van der Waals surface area contributed by atoms with Crippen molar-refractivity contribution in [3.8, 4) is 0 Å². The van der Waals surface area contributed by atoms with E-state index in [-0.39, 0.29) is 6.54 Å². The van der Waals surface area contributed by atoms with Crippen molar-refractivity contribution in [3.63, 3.8) is 0 Å². The first-order valence-electron chi connectivity index (χ1n) is 7.62. The summed E-state index contributed by atoms with van der Waals surface area (Å²) in [6, 6.07) is 9.54. The summed E-state index contributed by atoms with van der Waals surface area (Å²) < 4.78 is 28.7. The van der Waals surface area contributed by atoms with Gasteiger partial charge in [-0.1, -0.05) is 37.3 Å². The van der Waals surface area contributed by atoms with Crippen LogP contribution in [0.4, 0.5) is 0 Å². The van der Waals surface area contributed by atoms with Gasteiger partial charge in [-0.25, -0.2) is 4.98 Å². The van der Waals surface area contributed by atoms with Crippen LogP contribution in [-0.2, 0) is 29.7 Å². The average molecular weight is 354 g/mol. The van der Waals surface area contributed by atoms with Gasteiger partial charge in [0, 0.05) is 25.0 Å². The molecule has 0 aliphatic carbocycles. The Morgan fingerprint density at radius 2 is 1.96 bits per heavy atom. The van der Waals surface area contributed by atoms with Crippen molar-refractivity contribution in [2.24, 2.45) is 0 Å². The number of hydrogen-bond acceptors (Lipinski definition) is 4. The van der Waals surface area contributed by atoms with E-state index in [0.717, 1.165) is 34.0 Å². The lowest BCUT2D eigenvalue weighted by atomic mass is 10.2. The van der Waals surface area contributed by atoms with Crippen LogP contribution in [0.15, 0.2) is 30.3 Å². The zero-order chi connectivity index (χ0) is 16.9. The molecular weight excluding hydrogens is 330 g/mol. The molecule has 0 unspecified atom stereocenters. The van der Waals surface area contributed by atoms with Gasteiger partial charge in [0.2, 0.25) is 0 Å². The molecule has 0 saturated heterocycles. The fraction of sp³-hybridized carbons (Fsp3) is 0.438. The van der Waals surface area contributed by atoms with Crippen LogP contribution in [0.2, 0.25) is 0 Å². The molecule has 0 atom stereocenters. The fourth-order valence-electron chi connectivity index (χ4n) is 2.17. The molecule has 1 N–H and O–H groups in total. The fourth-order valence-corrected chi connectivity index (χ4v) is 4.23. The molecule has 2 rings (SSSR count). The van der Waals surface area contributed by atoms with E-state index in [9.17, 15) is 8.42 Å². The molecule has 0 spiro atoms. The minimum absolute atomic E-state index is 0.286. The van der Waals surface area contributed by atoms with Crippen LogP contribution in [0.1, 0.15) is 34.5 Å². The molecular formula is C16H23N3O2S2. The number of nitrogens with zero attached hydrogens (tertiary/aromatic N) is 2. The molecule has 1 aromatic carbocycles. The second-order valence-electron chi connectivity index (χ2n) is 5.43. The monoisotopic (exact) mass is 353 g/mol. The summed E-state index contributed by atoms with van der Waals surface area (Å²) in [7, 11) is -1.93. The van der Waals surface area contributed by atoms with Crippen molar-refractivity contribution in [2.75, 3.05) is 7.05 Å². The highest BCUT2D eigenvalue weighted by Crippen LogP contribution is 2.19. The molecule has 0 aliphatic heterocycles. The molecule has 0 bridgehead atoms. The van der Waals surface area contributed by atoms with Crippen LogP contribution in [0, 0.1) is 6.92 Å². The van der Waals surface area contributed by atoms with Crippen LogP contribution >= 0.6 is 11.3 Å². The Kier molecular flexibility index (Phi) is 6.29. The van der Waals surface area contributed by atoms with Crippen molar-refractivity contribution in [2.45, 2.75) is 39.8 Å². The highest BCUT2D eigenvalue weighted by atomic mass is 32.2. The van der Waals surface area contributed by atoms with Crippen molar-refractivity contribution in [1.29, 1.82) is 0 Å². The molecule has 2 aromatic rings. The molecule has 5 nitrogen and oxygen atoms in total. The second kappa shape index (κ2) is 8.01. The average Bonchev–Trinajstić information content (AvgIpc) is 2.86. The van der Waals surface area contributed by atoms with E-state index >= 15 is 0 Å². The van der Waals surface area contributed by atoms with Gasteiger partial charge < -0.3 is 0 Å². The zero-order valence-corrected chi connectivity index (χ0v) is 15.4. The first kappa shape index (κ1) is 18.1. The van der Waals surface area contributed by atoms with Crippen LogP contribution in [-0.4, -0.2) is 24.8 Å². The SMILES string of the molecule is CCCc1nc(C)c(CNS(=O)(=O)N(C)Cc2ccccc2)s1. The van der Waals surface area contributed by atoms with E-state index in [0.29, 0.717) is 6.54 Å². The highest BCUT2D eigenvalue weighted by Gasteiger charge is 2.18. The van der Waals surface area contributed by atoms with E-state index in [1.165, 1.54) is 4.31 Å². The number of rotatable bonds is 8. The van der Waals surface area contributed by atoms with E-state index in [4.69, 9.17) is 0 Å². The summed E-state index contributed by atoms with van der Waals surface area (Å²) in [5, 5.41) is 1.07. The maximum absolute atomic E-state index is 12.4. The van der Waals surface area contributed by atoms with Gasteiger partial charge in [0.1, 0.15) is 0 Å². The summed E-state index contributed by atoms with van der Waals surface area (Å²) in [5.74, 6) is 0. The minimum Gasteiger partial charge on any atom is -0.246 e. The third kappa shape index (κ3) is 5.10. The van der Waals surface area contributed by atoms with Gasteiger partial charge in [-0.3, -0.25) is 0 Å². The third-order valence-corrected chi connectivity index (χ3v) is 6.15. The summed E-state index contributed by atoms with van der Waals surface area (Å²) in [6.45, 7) is 4.66. The number of nitrogens with one attached hydrogen (secondary N) is 1. The first-order chi connectivity index (χ1) is 10.9. The predicted octanol–water partition coefficient (Wildman–Crippen LogP) is 2.87. The van der Waals surface area contributed by atoms with Crippen molar-refractivity contribution < 1.29 is 8.42 Å². The molecule has 126 valence electrons. The van der Waals surface area contributed by atoms with Gasteiger partial charge in [-0.05, 0) is 25.3 Å². The van der Waals surface area contributed by atoms with Crippen LogP contribution in [0.25, 0.3) is 0 Å². The zero-order valence-electron chi connectivity index (χ0n) is 13.7. The predicted molar refractivity (Wildman–Crippen MR) is 94.5 cm³/mol. The van der Waals surface area contributed by atoms with E-state index < -0.39 is 10.2 Å². The van der Waals surface area contributed by atoms with Gasteiger partial charge in [0.05, 0.1) is 10.7 Å². The number of hydrogen-bond donors (Lipinski definition) is 1. The Bertz CT molecular complexity index is 727. The molecule has 0 radical (unpaired) electrons. The van der Waals surface area contributed by atoms with Gasteiger partial charge in [-0.15, -0.1) is 11.3 Å². The minimum atomic E-state index is -3.51. The number of aryl methyl sites for hydroxylation is 2.